The van der Waals surface area contributed by atoms with Gasteiger partial charge in [0.15, 0.2) is 0 Å². The summed E-state index contributed by atoms with van der Waals surface area (Å²) in [6, 6.07) is 18.6. The number of nitrogens with zero attached hydrogens (tertiary/aromatic N) is 3. The molecule has 0 aliphatic carbocycles. The van der Waals surface area contributed by atoms with E-state index < -0.39 is 0 Å². The maximum Gasteiger partial charge on any atom is 0.227 e. The average molecular weight is 403 g/mol. The van der Waals surface area contributed by atoms with Gasteiger partial charge in [0.05, 0.1) is 18.2 Å². The van der Waals surface area contributed by atoms with Crippen molar-refractivity contribution in [3.63, 3.8) is 0 Å². The summed E-state index contributed by atoms with van der Waals surface area (Å²) in [6.45, 7) is 0. The minimum atomic E-state index is -0.0771. The van der Waals surface area contributed by atoms with Crippen LogP contribution in [0.1, 0.15) is 29.3 Å². The van der Waals surface area contributed by atoms with E-state index in [1.54, 1.807) is 4.68 Å². The lowest BCUT2D eigenvalue weighted by Gasteiger charge is -2.21. The van der Waals surface area contributed by atoms with Crippen LogP contribution in [-0.2, 0) is 23.3 Å². The molecule has 5 nitrogen and oxygen atoms in total. The third-order valence-corrected chi connectivity index (χ3v) is 6.49. The lowest BCUT2D eigenvalue weighted by molar-refractivity contribution is -0.116. The molecular weight excluding hydrogens is 380 g/mol. The molecule has 2 aromatic carbocycles. The van der Waals surface area contributed by atoms with Crippen molar-refractivity contribution in [1.82, 2.24) is 14.3 Å². The molecule has 29 heavy (non-hydrogen) atoms. The third-order valence-electron chi connectivity index (χ3n) is 5.52. The topological polar surface area (TPSA) is 51.9 Å². The molecule has 0 fully saturated rings. The maximum absolute atomic E-state index is 13.1. The van der Waals surface area contributed by atoms with Crippen molar-refractivity contribution < 1.29 is 4.79 Å². The number of aromatic nitrogens is 3. The molecule has 1 atom stereocenters. The van der Waals surface area contributed by atoms with Gasteiger partial charge in [-0.3, -0.25) is 9.48 Å². The molecule has 0 saturated heterocycles. The first-order valence-electron chi connectivity index (χ1n) is 9.73. The van der Waals surface area contributed by atoms with Crippen molar-refractivity contribution in [2.24, 2.45) is 7.05 Å². The van der Waals surface area contributed by atoms with Gasteiger partial charge in [-0.1, -0.05) is 42.5 Å². The summed E-state index contributed by atoms with van der Waals surface area (Å²) < 4.78 is 3.91. The van der Waals surface area contributed by atoms with Gasteiger partial charge in [-0.2, -0.15) is 16.9 Å². The summed E-state index contributed by atoms with van der Waals surface area (Å²) in [5.74, 6) is 2.66. The predicted molar refractivity (Wildman–Crippen MR) is 118 cm³/mol. The summed E-state index contributed by atoms with van der Waals surface area (Å²) in [5, 5.41) is 10.0. The van der Waals surface area contributed by atoms with E-state index in [-0.39, 0.29) is 11.9 Å². The van der Waals surface area contributed by atoms with Crippen molar-refractivity contribution in [2.75, 3.05) is 5.32 Å². The Labute approximate surface area is 173 Å². The highest BCUT2D eigenvalue weighted by molar-refractivity contribution is 7.98. The highest BCUT2D eigenvalue weighted by Crippen LogP contribution is 2.35. The summed E-state index contributed by atoms with van der Waals surface area (Å²) in [7, 11) is 1.90. The van der Waals surface area contributed by atoms with E-state index in [1.165, 1.54) is 10.8 Å². The largest absolute Gasteiger partial charge is 0.346 e. The lowest BCUT2D eigenvalue weighted by Crippen LogP contribution is -2.21. The number of fused-ring (bicyclic) bond motifs is 2. The molecule has 1 aliphatic rings. The summed E-state index contributed by atoms with van der Waals surface area (Å²) in [6.07, 6.45) is 4.41. The van der Waals surface area contributed by atoms with Crippen molar-refractivity contribution in [3.05, 3.63) is 83.8 Å². The van der Waals surface area contributed by atoms with Crippen molar-refractivity contribution in [1.29, 1.82) is 0 Å². The SMILES string of the molecule is Cn1nc2c(c1NC(=O)CC(c1cccc3ccccc13)n1cccc1)CSC2. The number of hydrogen-bond acceptors (Lipinski definition) is 3. The van der Waals surface area contributed by atoms with Gasteiger partial charge in [-0.05, 0) is 28.5 Å². The summed E-state index contributed by atoms with van der Waals surface area (Å²) in [4.78, 5) is 13.1. The van der Waals surface area contributed by atoms with E-state index in [1.807, 2.05) is 49.4 Å². The van der Waals surface area contributed by atoms with Gasteiger partial charge in [-0.15, -0.1) is 0 Å². The Morgan fingerprint density at radius 2 is 1.90 bits per heavy atom. The molecule has 146 valence electrons. The number of rotatable bonds is 5. The quantitative estimate of drug-likeness (QED) is 0.525. The van der Waals surface area contributed by atoms with Crippen LogP contribution in [0, 0.1) is 0 Å². The molecule has 0 radical (unpaired) electrons. The van der Waals surface area contributed by atoms with Crippen molar-refractivity contribution >= 4 is 34.3 Å². The number of anilines is 1. The van der Waals surface area contributed by atoms with E-state index in [9.17, 15) is 4.79 Å². The molecule has 0 spiro atoms. The summed E-state index contributed by atoms with van der Waals surface area (Å²) in [5.41, 5.74) is 3.40. The van der Waals surface area contributed by atoms with E-state index in [2.05, 4.69) is 51.4 Å². The number of carbonyl (C=O) groups excluding carboxylic acids is 1. The minimum Gasteiger partial charge on any atom is -0.346 e. The fraction of sp³-hybridized carbons (Fsp3) is 0.217. The van der Waals surface area contributed by atoms with Gasteiger partial charge in [0.1, 0.15) is 5.82 Å². The Bertz CT molecular complexity index is 1170. The smallest absolute Gasteiger partial charge is 0.227 e. The first kappa shape index (κ1) is 18.1. The first-order valence-corrected chi connectivity index (χ1v) is 10.9. The van der Waals surface area contributed by atoms with E-state index in [0.717, 1.165) is 34.1 Å². The first-order chi connectivity index (χ1) is 14.2. The van der Waals surface area contributed by atoms with Gasteiger partial charge in [-0.25, -0.2) is 0 Å². The molecular formula is C23H22N4OS. The second-order valence-electron chi connectivity index (χ2n) is 7.36. The number of thioether (sulfide) groups is 1. The van der Waals surface area contributed by atoms with Crippen LogP contribution >= 0.6 is 11.8 Å². The lowest BCUT2D eigenvalue weighted by atomic mass is 9.96. The molecule has 1 aliphatic heterocycles. The molecule has 0 bridgehead atoms. The predicted octanol–water partition coefficient (Wildman–Crippen LogP) is 4.74. The Balaban J connectivity index is 1.48. The van der Waals surface area contributed by atoms with E-state index in [4.69, 9.17) is 0 Å². The van der Waals surface area contributed by atoms with Gasteiger partial charge in [0, 0.05) is 36.5 Å². The zero-order valence-corrected chi connectivity index (χ0v) is 17.0. The summed E-state index contributed by atoms with van der Waals surface area (Å²) >= 11 is 1.84. The van der Waals surface area contributed by atoms with Crippen LogP contribution in [0.3, 0.4) is 0 Å². The monoisotopic (exact) mass is 402 g/mol. The zero-order valence-electron chi connectivity index (χ0n) is 16.2. The zero-order chi connectivity index (χ0) is 19.8. The van der Waals surface area contributed by atoms with Crippen LogP contribution in [0.5, 0.6) is 0 Å². The standard InChI is InChI=1S/C23H22N4OS/c1-26-23(19-14-29-15-20(19)25-26)24-22(28)13-21(27-11-4-5-12-27)18-10-6-8-16-7-2-3-9-17(16)18/h2-12,21H,13-15H2,1H3,(H,24,28). The molecule has 4 aromatic rings. The van der Waals surface area contributed by atoms with Crippen LogP contribution in [-0.4, -0.2) is 20.3 Å². The molecule has 5 rings (SSSR count). The van der Waals surface area contributed by atoms with E-state index >= 15 is 0 Å². The molecule has 0 saturated carbocycles. The van der Waals surface area contributed by atoms with Crippen LogP contribution in [0.2, 0.25) is 0 Å². The van der Waals surface area contributed by atoms with Crippen LogP contribution < -0.4 is 5.32 Å². The fourth-order valence-corrected chi connectivity index (χ4v) is 5.16. The number of nitrogens with one attached hydrogen (secondary N) is 1. The molecule has 1 amide bonds. The fourth-order valence-electron chi connectivity index (χ4n) is 4.13. The Kier molecular flexibility index (Phi) is 4.64. The number of carbonyl (C=O) groups is 1. The third kappa shape index (κ3) is 3.34. The Morgan fingerprint density at radius 1 is 1.10 bits per heavy atom. The van der Waals surface area contributed by atoms with Gasteiger partial charge in [0.2, 0.25) is 5.91 Å². The second-order valence-corrected chi connectivity index (χ2v) is 8.34. The number of amides is 1. The van der Waals surface area contributed by atoms with Crippen molar-refractivity contribution in [2.45, 2.75) is 24.0 Å². The number of aryl methyl sites for hydroxylation is 1. The average Bonchev–Trinajstić information content (AvgIpc) is 3.46. The van der Waals surface area contributed by atoms with Crippen LogP contribution in [0.4, 0.5) is 5.82 Å². The van der Waals surface area contributed by atoms with Gasteiger partial charge < -0.3 is 9.88 Å². The van der Waals surface area contributed by atoms with Crippen LogP contribution in [0.15, 0.2) is 67.0 Å². The molecule has 1 N–H and O–H groups in total. The second kappa shape index (κ2) is 7.44. The molecule has 3 heterocycles. The van der Waals surface area contributed by atoms with E-state index in [0.29, 0.717) is 6.42 Å². The number of benzene rings is 2. The Morgan fingerprint density at radius 3 is 2.76 bits per heavy atom. The molecule has 1 unspecified atom stereocenters. The van der Waals surface area contributed by atoms with Gasteiger partial charge in [0.25, 0.3) is 0 Å². The molecule has 2 aromatic heterocycles. The maximum atomic E-state index is 13.1. The minimum absolute atomic E-state index is 0.000616. The molecule has 6 heteroatoms. The van der Waals surface area contributed by atoms with Crippen LogP contribution in [0.25, 0.3) is 10.8 Å². The normalized spacial score (nSPS) is 14.1. The van der Waals surface area contributed by atoms with Crippen molar-refractivity contribution in [3.8, 4) is 0 Å². The highest BCUT2D eigenvalue weighted by Gasteiger charge is 2.25. The van der Waals surface area contributed by atoms with Gasteiger partial charge >= 0.3 is 0 Å². The highest BCUT2D eigenvalue weighted by atomic mass is 32.2. The number of hydrogen-bond donors (Lipinski definition) is 1. The Hall–Kier alpha value is -2.99.